The minimum atomic E-state index is -0.383. The second-order valence-corrected chi connectivity index (χ2v) is 8.84. The van der Waals surface area contributed by atoms with E-state index >= 15 is 0 Å². The molecule has 0 unspecified atom stereocenters. The smallest absolute Gasteiger partial charge is 0.173 e. The molecule has 3 nitrogen and oxygen atoms in total. The zero-order chi connectivity index (χ0) is 21.2. The lowest BCUT2D eigenvalue weighted by Crippen LogP contribution is -2.33. The van der Waals surface area contributed by atoms with E-state index in [2.05, 4.69) is 32.9 Å². The first kappa shape index (κ1) is 19.5. The van der Waals surface area contributed by atoms with Gasteiger partial charge in [-0.25, -0.2) is 4.39 Å². The van der Waals surface area contributed by atoms with E-state index in [-0.39, 0.29) is 47.3 Å². The number of rotatable bonds is 4. The normalized spacial score (nSPS) is 29.7. The zero-order valence-corrected chi connectivity index (χ0v) is 17.6. The van der Waals surface area contributed by atoms with E-state index in [0.29, 0.717) is 17.6 Å². The number of aryl methyl sites for hydroxylation is 3. The Labute approximate surface area is 176 Å². The van der Waals surface area contributed by atoms with Gasteiger partial charge in [0.1, 0.15) is 11.6 Å². The first-order valence-corrected chi connectivity index (χ1v) is 11.0. The summed E-state index contributed by atoms with van der Waals surface area (Å²) in [6, 6.07) is 11.0. The van der Waals surface area contributed by atoms with Crippen LogP contribution in [0.4, 0.5) is 4.39 Å². The lowest BCUT2D eigenvalue weighted by atomic mass is 9.72. The van der Waals surface area contributed by atoms with Gasteiger partial charge < -0.3 is 9.84 Å². The molecule has 0 aromatic heterocycles. The van der Waals surface area contributed by atoms with Crippen molar-refractivity contribution in [1.82, 2.24) is 0 Å². The third-order valence-corrected chi connectivity index (χ3v) is 7.24. The number of hydrogen-bond acceptors (Lipinski definition) is 3. The Morgan fingerprint density at radius 2 is 1.77 bits per heavy atom. The van der Waals surface area contributed by atoms with Crippen LogP contribution in [-0.2, 0) is 22.4 Å². The van der Waals surface area contributed by atoms with Crippen molar-refractivity contribution in [2.75, 3.05) is 0 Å². The van der Waals surface area contributed by atoms with Crippen molar-refractivity contribution in [2.24, 2.45) is 11.8 Å². The van der Waals surface area contributed by atoms with Crippen molar-refractivity contribution in [1.29, 1.82) is 0 Å². The molecule has 30 heavy (non-hydrogen) atoms. The SMILES string of the molecule is CCc1cc(C)cc(CC)c1C1=C(O)[C@@H]2[C@@H]3O[C@@H](C[C@H]3c3ccccc3F)[C@@H]2C1=O. The third kappa shape index (κ3) is 2.63. The first-order valence-electron chi connectivity index (χ1n) is 11.0. The summed E-state index contributed by atoms with van der Waals surface area (Å²) < 4.78 is 20.6. The highest BCUT2D eigenvalue weighted by atomic mass is 19.1. The van der Waals surface area contributed by atoms with Gasteiger partial charge in [0.2, 0.25) is 0 Å². The number of aliphatic hydroxyl groups excluding tert-OH is 1. The van der Waals surface area contributed by atoms with Crippen LogP contribution >= 0.6 is 0 Å². The fourth-order valence-corrected chi connectivity index (χ4v) is 6.01. The molecule has 2 bridgehead atoms. The van der Waals surface area contributed by atoms with Crippen LogP contribution in [0, 0.1) is 24.6 Å². The summed E-state index contributed by atoms with van der Waals surface area (Å²) >= 11 is 0. The van der Waals surface area contributed by atoms with Gasteiger partial charge in [-0.15, -0.1) is 0 Å². The number of fused-ring (bicyclic) bond motifs is 5. The molecule has 0 radical (unpaired) electrons. The number of ketones is 1. The summed E-state index contributed by atoms with van der Waals surface area (Å²) in [5, 5.41) is 11.3. The molecule has 2 fully saturated rings. The zero-order valence-electron chi connectivity index (χ0n) is 17.6. The Bertz CT molecular complexity index is 1040. The highest BCUT2D eigenvalue weighted by molar-refractivity contribution is 6.26. The van der Waals surface area contributed by atoms with E-state index in [0.717, 1.165) is 29.5 Å². The van der Waals surface area contributed by atoms with Crippen molar-refractivity contribution >= 4 is 11.4 Å². The highest BCUT2D eigenvalue weighted by Gasteiger charge is 2.63. The standard InChI is InChI=1S/C26H27FO3/c1-4-14-10-13(3)11-15(5-2)20(14)22-24(28)21-19-12-17(16-8-6-7-9-18(16)27)26(30-19)23(21)25(22)29/h6-11,17,19,21,23,26,29H,4-5,12H2,1-3H3/t17-,19-,21-,23+,26+/m0/s1. The molecule has 5 rings (SSSR count). The molecule has 2 aromatic carbocycles. The van der Waals surface area contributed by atoms with Crippen LogP contribution in [0.2, 0.25) is 0 Å². The van der Waals surface area contributed by atoms with Gasteiger partial charge in [-0.1, -0.05) is 49.7 Å². The average Bonchev–Trinajstić information content (AvgIpc) is 3.39. The number of hydrogen-bond donors (Lipinski definition) is 1. The minimum absolute atomic E-state index is 0.00904. The van der Waals surface area contributed by atoms with E-state index in [4.69, 9.17) is 4.74 Å². The predicted octanol–water partition coefficient (Wildman–Crippen LogP) is 5.30. The molecular weight excluding hydrogens is 379 g/mol. The van der Waals surface area contributed by atoms with E-state index in [9.17, 15) is 14.3 Å². The molecule has 1 aliphatic carbocycles. The Kier molecular flexibility index (Phi) is 4.59. The number of carbonyl (C=O) groups is 1. The van der Waals surface area contributed by atoms with Crippen molar-refractivity contribution in [3.8, 4) is 0 Å². The van der Waals surface area contributed by atoms with Crippen LogP contribution in [0.1, 0.15) is 54.0 Å². The van der Waals surface area contributed by atoms with Gasteiger partial charge >= 0.3 is 0 Å². The second kappa shape index (κ2) is 7.05. The topological polar surface area (TPSA) is 46.5 Å². The first-order chi connectivity index (χ1) is 14.5. The van der Waals surface area contributed by atoms with Crippen molar-refractivity contribution in [2.45, 2.75) is 58.2 Å². The lowest BCUT2D eigenvalue weighted by Gasteiger charge is -2.28. The molecule has 1 N–H and O–H groups in total. The van der Waals surface area contributed by atoms with Crippen LogP contribution in [0.15, 0.2) is 42.2 Å². The molecule has 2 saturated heterocycles. The Morgan fingerprint density at radius 3 is 2.40 bits per heavy atom. The number of benzene rings is 2. The predicted molar refractivity (Wildman–Crippen MR) is 114 cm³/mol. The number of halogens is 1. The van der Waals surface area contributed by atoms with Crippen molar-refractivity contribution in [3.05, 3.63) is 75.8 Å². The molecule has 5 atom stereocenters. The van der Waals surface area contributed by atoms with E-state index in [1.165, 1.54) is 11.6 Å². The average molecular weight is 406 g/mol. The van der Waals surface area contributed by atoms with Crippen LogP contribution < -0.4 is 0 Å². The Balaban J connectivity index is 1.61. The molecule has 0 saturated carbocycles. The molecule has 156 valence electrons. The quantitative estimate of drug-likeness (QED) is 0.750. The van der Waals surface area contributed by atoms with Gasteiger partial charge in [-0.05, 0) is 54.5 Å². The fraction of sp³-hybridized carbons (Fsp3) is 0.423. The fourth-order valence-electron chi connectivity index (χ4n) is 6.01. The molecule has 0 spiro atoms. The minimum Gasteiger partial charge on any atom is -0.511 e. The third-order valence-electron chi connectivity index (χ3n) is 7.24. The summed E-state index contributed by atoms with van der Waals surface area (Å²) in [7, 11) is 0. The number of ether oxygens (including phenoxy) is 1. The van der Waals surface area contributed by atoms with Crippen molar-refractivity contribution < 1.29 is 19.0 Å². The molecule has 2 heterocycles. The van der Waals surface area contributed by atoms with Crippen LogP contribution in [-0.4, -0.2) is 23.1 Å². The van der Waals surface area contributed by atoms with Crippen LogP contribution in [0.25, 0.3) is 5.57 Å². The summed E-state index contributed by atoms with van der Waals surface area (Å²) in [5.74, 6) is -0.989. The van der Waals surface area contributed by atoms with Gasteiger partial charge in [-0.3, -0.25) is 4.79 Å². The van der Waals surface area contributed by atoms with Gasteiger partial charge in [0.25, 0.3) is 0 Å². The maximum atomic E-state index is 14.5. The molecular formula is C26H27FO3. The maximum Gasteiger partial charge on any atom is 0.173 e. The van der Waals surface area contributed by atoms with Gasteiger partial charge in [0, 0.05) is 5.92 Å². The van der Waals surface area contributed by atoms with E-state index in [1.54, 1.807) is 12.1 Å². The number of aliphatic hydroxyl groups is 1. The molecule has 4 heteroatoms. The van der Waals surface area contributed by atoms with Gasteiger partial charge in [0.15, 0.2) is 5.78 Å². The largest absolute Gasteiger partial charge is 0.511 e. The monoisotopic (exact) mass is 406 g/mol. The molecule has 0 amide bonds. The second-order valence-electron chi connectivity index (χ2n) is 8.84. The number of allylic oxidation sites excluding steroid dienone is 1. The van der Waals surface area contributed by atoms with Crippen molar-refractivity contribution in [3.63, 3.8) is 0 Å². The van der Waals surface area contributed by atoms with Gasteiger partial charge in [0.05, 0.1) is 29.6 Å². The summed E-state index contributed by atoms with van der Waals surface area (Å²) in [4.78, 5) is 13.5. The highest BCUT2D eigenvalue weighted by Crippen LogP contribution is 2.58. The maximum absolute atomic E-state index is 14.5. The molecule has 3 aliphatic rings. The van der Waals surface area contributed by atoms with E-state index in [1.807, 2.05) is 6.07 Å². The molecule has 2 aromatic rings. The van der Waals surface area contributed by atoms with Crippen LogP contribution in [0.5, 0.6) is 0 Å². The molecule has 2 aliphatic heterocycles. The Hall–Kier alpha value is -2.46. The summed E-state index contributed by atoms with van der Waals surface area (Å²) in [5.41, 5.74) is 5.37. The number of Topliss-reactive ketones (excluding diaryl/α,β-unsaturated/α-hetero) is 1. The lowest BCUT2D eigenvalue weighted by molar-refractivity contribution is -0.118. The van der Waals surface area contributed by atoms with E-state index < -0.39 is 0 Å². The Morgan fingerprint density at radius 1 is 1.10 bits per heavy atom. The summed E-state index contributed by atoms with van der Waals surface area (Å²) in [6.07, 6.45) is 1.58. The van der Waals surface area contributed by atoms with Gasteiger partial charge in [-0.2, -0.15) is 0 Å². The summed E-state index contributed by atoms with van der Waals surface area (Å²) in [6.45, 7) is 6.22. The number of carbonyl (C=O) groups excluding carboxylic acids is 1. The van der Waals surface area contributed by atoms with Crippen LogP contribution in [0.3, 0.4) is 0 Å².